The minimum absolute atomic E-state index is 0.272. The zero-order valence-corrected chi connectivity index (χ0v) is 17.6. The molecule has 0 aliphatic rings. The van der Waals surface area contributed by atoms with Gasteiger partial charge in [0.15, 0.2) is 5.82 Å². The van der Waals surface area contributed by atoms with Crippen molar-refractivity contribution in [2.75, 3.05) is 11.9 Å². The first-order valence-electron chi connectivity index (χ1n) is 10.5. The third-order valence-electron chi connectivity index (χ3n) is 5.29. The quantitative estimate of drug-likeness (QED) is 0.345. The fourth-order valence-electron chi connectivity index (χ4n) is 3.65. The number of pyridine rings is 2. The Balaban J connectivity index is 1.41. The van der Waals surface area contributed by atoms with Crippen molar-refractivity contribution in [2.45, 2.75) is 6.42 Å². The molecule has 0 saturated heterocycles. The van der Waals surface area contributed by atoms with Crippen LogP contribution in [-0.2, 0) is 6.42 Å². The van der Waals surface area contributed by atoms with E-state index in [1.807, 2.05) is 42.6 Å². The number of rotatable bonds is 7. The van der Waals surface area contributed by atoms with Crippen LogP contribution in [0, 0.1) is 0 Å². The van der Waals surface area contributed by atoms with Gasteiger partial charge in [-0.1, -0.05) is 6.07 Å². The molecule has 0 bridgehead atoms. The molecule has 0 spiro atoms. The van der Waals surface area contributed by atoms with Crippen LogP contribution in [-0.4, -0.2) is 42.5 Å². The standard InChI is InChI=1S/C25H20N6O2/c32-25(33)16-6-7-20-19(12-16)17(15-29-20)8-11-28-23-13-22(18-4-3-9-26-14-18)30-24(31-23)21-5-1-2-10-27-21/h1-7,9-10,12-15,29H,8,11H2,(H,32,33)(H,28,30,31). The van der Waals surface area contributed by atoms with Gasteiger partial charge in [0, 0.05) is 53.9 Å². The summed E-state index contributed by atoms with van der Waals surface area (Å²) in [4.78, 5) is 32.5. The van der Waals surface area contributed by atoms with Gasteiger partial charge in [0.1, 0.15) is 11.5 Å². The molecule has 8 heteroatoms. The Labute approximate surface area is 189 Å². The molecule has 0 radical (unpaired) electrons. The number of aromatic nitrogens is 5. The average molecular weight is 436 g/mol. The number of nitrogens with zero attached hydrogens (tertiary/aromatic N) is 4. The largest absolute Gasteiger partial charge is 0.478 e. The zero-order valence-electron chi connectivity index (χ0n) is 17.6. The Kier molecular flexibility index (Phi) is 5.47. The topological polar surface area (TPSA) is 117 Å². The van der Waals surface area contributed by atoms with Crippen molar-refractivity contribution in [3.63, 3.8) is 0 Å². The minimum Gasteiger partial charge on any atom is -0.478 e. The first-order chi connectivity index (χ1) is 16.2. The lowest BCUT2D eigenvalue weighted by Gasteiger charge is -2.10. The van der Waals surface area contributed by atoms with E-state index < -0.39 is 5.97 Å². The highest BCUT2D eigenvalue weighted by molar-refractivity contribution is 5.94. The molecule has 0 unspecified atom stereocenters. The number of benzene rings is 1. The van der Waals surface area contributed by atoms with E-state index in [0.717, 1.165) is 27.7 Å². The summed E-state index contributed by atoms with van der Waals surface area (Å²) >= 11 is 0. The number of carboxylic acids is 1. The van der Waals surface area contributed by atoms with Gasteiger partial charge < -0.3 is 15.4 Å². The second-order valence-electron chi connectivity index (χ2n) is 7.47. The number of fused-ring (bicyclic) bond motifs is 1. The summed E-state index contributed by atoms with van der Waals surface area (Å²) in [5, 5.41) is 13.6. The van der Waals surface area contributed by atoms with E-state index in [0.29, 0.717) is 30.3 Å². The molecule has 0 aliphatic carbocycles. The number of H-pyrrole nitrogens is 1. The lowest BCUT2D eigenvalue weighted by atomic mass is 10.1. The average Bonchev–Trinajstić information content (AvgIpc) is 3.27. The lowest BCUT2D eigenvalue weighted by Crippen LogP contribution is -2.08. The van der Waals surface area contributed by atoms with Gasteiger partial charge in [-0.15, -0.1) is 0 Å². The smallest absolute Gasteiger partial charge is 0.335 e. The van der Waals surface area contributed by atoms with Gasteiger partial charge in [-0.05, 0) is 54.4 Å². The van der Waals surface area contributed by atoms with Crippen molar-refractivity contribution < 1.29 is 9.90 Å². The Morgan fingerprint density at radius 2 is 1.94 bits per heavy atom. The normalized spacial score (nSPS) is 10.9. The summed E-state index contributed by atoms with van der Waals surface area (Å²) in [5.41, 5.74) is 4.54. The summed E-state index contributed by atoms with van der Waals surface area (Å²) in [6, 6.07) is 16.4. The molecule has 33 heavy (non-hydrogen) atoms. The molecule has 0 amide bonds. The third-order valence-corrected chi connectivity index (χ3v) is 5.29. The van der Waals surface area contributed by atoms with Crippen molar-refractivity contribution in [1.29, 1.82) is 0 Å². The predicted octanol–water partition coefficient (Wildman–Crippen LogP) is 4.43. The molecule has 0 atom stereocenters. The highest BCUT2D eigenvalue weighted by atomic mass is 16.4. The molecular weight excluding hydrogens is 416 g/mol. The molecule has 0 fully saturated rings. The van der Waals surface area contributed by atoms with E-state index >= 15 is 0 Å². The van der Waals surface area contributed by atoms with Crippen molar-refractivity contribution in [2.24, 2.45) is 0 Å². The van der Waals surface area contributed by atoms with Crippen LogP contribution in [0.1, 0.15) is 15.9 Å². The second kappa shape index (κ2) is 8.88. The van der Waals surface area contributed by atoms with E-state index in [1.165, 1.54) is 0 Å². The summed E-state index contributed by atoms with van der Waals surface area (Å²) in [5.74, 6) is 0.265. The molecule has 5 rings (SSSR count). The maximum Gasteiger partial charge on any atom is 0.335 e. The number of carbonyl (C=O) groups is 1. The van der Waals surface area contributed by atoms with Crippen LogP contribution in [0.15, 0.2) is 79.4 Å². The van der Waals surface area contributed by atoms with Crippen LogP contribution < -0.4 is 5.32 Å². The number of hydrogen-bond acceptors (Lipinski definition) is 6. The molecule has 0 saturated carbocycles. The highest BCUT2D eigenvalue weighted by Gasteiger charge is 2.11. The van der Waals surface area contributed by atoms with E-state index in [2.05, 4.69) is 30.2 Å². The summed E-state index contributed by atoms with van der Waals surface area (Å²) < 4.78 is 0. The lowest BCUT2D eigenvalue weighted by molar-refractivity contribution is 0.0697. The monoisotopic (exact) mass is 436 g/mol. The molecule has 0 aliphatic heterocycles. The predicted molar refractivity (Wildman–Crippen MR) is 126 cm³/mol. The number of nitrogens with one attached hydrogen (secondary N) is 2. The molecule has 8 nitrogen and oxygen atoms in total. The summed E-state index contributed by atoms with van der Waals surface area (Å²) in [6.07, 6.45) is 7.80. The minimum atomic E-state index is -0.937. The van der Waals surface area contributed by atoms with Crippen LogP contribution in [0.5, 0.6) is 0 Å². The molecule has 5 aromatic rings. The van der Waals surface area contributed by atoms with Gasteiger partial charge in [0.25, 0.3) is 0 Å². The summed E-state index contributed by atoms with van der Waals surface area (Å²) in [6.45, 7) is 0.607. The van der Waals surface area contributed by atoms with Crippen molar-refractivity contribution in [3.8, 4) is 22.8 Å². The van der Waals surface area contributed by atoms with E-state index in [-0.39, 0.29) is 5.56 Å². The van der Waals surface area contributed by atoms with Crippen LogP contribution in [0.25, 0.3) is 33.7 Å². The van der Waals surface area contributed by atoms with Crippen molar-refractivity contribution in [3.05, 3.63) is 90.5 Å². The fourth-order valence-corrected chi connectivity index (χ4v) is 3.65. The van der Waals surface area contributed by atoms with Crippen LogP contribution in [0.3, 0.4) is 0 Å². The molecule has 4 heterocycles. The third kappa shape index (κ3) is 4.40. The number of aromatic amines is 1. The number of aromatic carboxylic acids is 1. The van der Waals surface area contributed by atoms with E-state index in [1.54, 1.807) is 36.8 Å². The van der Waals surface area contributed by atoms with E-state index in [4.69, 9.17) is 0 Å². The van der Waals surface area contributed by atoms with Gasteiger partial charge in [-0.3, -0.25) is 9.97 Å². The molecule has 162 valence electrons. The van der Waals surface area contributed by atoms with Crippen molar-refractivity contribution in [1.82, 2.24) is 24.9 Å². The maximum absolute atomic E-state index is 11.3. The molecular formula is C25H20N6O2. The van der Waals surface area contributed by atoms with Gasteiger partial charge in [-0.25, -0.2) is 14.8 Å². The summed E-state index contributed by atoms with van der Waals surface area (Å²) in [7, 11) is 0. The van der Waals surface area contributed by atoms with Crippen LogP contribution in [0.4, 0.5) is 5.82 Å². The molecule has 3 N–H and O–H groups in total. The highest BCUT2D eigenvalue weighted by Crippen LogP contribution is 2.24. The van der Waals surface area contributed by atoms with Crippen LogP contribution in [0.2, 0.25) is 0 Å². The molecule has 1 aromatic carbocycles. The Hall–Kier alpha value is -4.59. The van der Waals surface area contributed by atoms with Gasteiger partial charge in [0.05, 0.1) is 11.3 Å². The maximum atomic E-state index is 11.3. The van der Waals surface area contributed by atoms with Gasteiger partial charge >= 0.3 is 5.97 Å². The zero-order chi connectivity index (χ0) is 22.6. The first kappa shape index (κ1) is 20.3. The molecule has 4 aromatic heterocycles. The second-order valence-corrected chi connectivity index (χ2v) is 7.47. The van der Waals surface area contributed by atoms with Gasteiger partial charge in [0.2, 0.25) is 0 Å². The van der Waals surface area contributed by atoms with Crippen molar-refractivity contribution >= 4 is 22.7 Å². The first-order valence-corrected chi connectivity index (χ1v) is 10.5. The Morgan fingerprint density at radius 1 is 1.00 bits per heavy atom. The fraction of sp³-hybridized carbons (Fsp3) is 0.0800. The number of anilines is 1. The van der Waals surface area contributed by atoms with Crippen LogP contribution >= 0.6 is 0 Å². The number of hydrogen-bond donors (Lipinski definition) is 3. The Morgan fingerprint density at radius 3 is 2.73 bits per heavy atom. The van der Waals surface area contributed by atoms with E-state index in [9.17, 15) is 9.90 Å². The Bertz CT molecular complexity index is 1360. The number of carboxylic acid groups (broad SMARTS) is 1. The SMILES string of the molecule is O=C(O)c1ccc2[nH]cc(CCNc3cc(-c4cccnc4)nc(-c4ccccn4)n3)c2c1. The van der Waals surface area contributed by atoms with Gasteiger partial charge in [-0.2, -0.15) is 0 Å².